The molecule has 9 aromatic rings. The zero-order chi connectivity index (χ0) is 44.1. The normalized spacial score (nSPS) is 10.7. The second-order valence-electron chi connectivity index (χ2n) is 16.4. The maximum Gasteiger partial charge on any atom is 3.00 e. The van der Waals surface area contributed by atoms with Crippen LogP contribution in [-0.2, 0) is 20.1 Å². The van der Waals surface area contributed by atoms with Crippen LogP contribution in [0.15, 0.2) is 134 Å². The fraction of sp³-hybridized carbons (Fsp3) is 0.196. The number of hydrogen-bond acceptors (Lipinski definition) is 3. The molecule has 0 unspecified atom stereocenters. The van der Waals surface area contributed by atoms with Crippen LogP contribution >= 0.6 is 0 Å². The number of aromatic nitrogens is 6. The van der Waals surface area contributed by atoms with Crippen molar-refractivity contribution in [1.82, 2.24) is 28.7 Å². The van der Waals surface area contributed by atoms with Crippen molar-refractivity contribution in [3.8, 4) is 51.2 Å². The Kier molecular flexibility index (Phi) is 14.8. The molecule has 9 rings (SSSR count). The van der Waals surface area contributed by atoms with E-state index in [9.17, 15) is 0 Å². The predicted molar refractivity (Wildman–Crippen MR) is 256 cm³/mol. The Morgan fingerprint density at radius 2 is 0.683 bits per heavy atom. The Morgan fingerprint density at radius 3 is 0.952 bits per heavy atom. The summed E-state index contributed by atoms with van der Waals surface area (Å²) < 4.78 is 6.46. The maximum absolute atomic E-state index is 4.53. The van der Waals surface area contributed by atoms with Crippen LogP contribution in [0.1, 0.15) is 61.2 Å². The Bertz CT molecular complexity index is 2740. The molecule has 0 aliphatic rings. The molecule has 0 aliphatic carbocycles. The van der Waals surface area contributed by atoms with Gasteiger partial charge in [0.1, 0.15) is 0 Å². The summed E-state index contributed by atoms with van der Waals surface area (Å²) in [6, 6.07) is 43.4. The Hall–Kier alpha value is -6.40. The summed E-state index contributed by atoms with van der Waals surface area (Å²) in [7, 11) is 0. The smallest absolute Gasteiger partial charge is 0.340 e. The Balaban J connectivity index is 0.000000156. The first-order valence-corrected chi connectivity index (χ1v) is 21.1. The molecule has 0 saturated carbocycles. The summed E-state index contributed by atoms with van der Waals surface area (Å²) in [6.45, 7) is 23.4. The van der Waals surface area contributed by atoms with Crippen LogP contribution in [-0.4, -0.2) is 28.7 Å². The van der Waals surface area contributed by atoms with Crippen LogP contribution in [0.4, 0.5) is 0 Å². The molecule has 0 aliphatic heterocycles. The van der Waals surface area contributed by atoms with Crippen LogP contribution in [0.5, 0.6) is 0 Å². The van der Waals surface area contributed by atoms with Gasteiger partial charge in [0.15, 0.2) is 0 Å². The van der Waals surface area contributed by atoms with Gasteiger partial charge in [0, 0.05) is 54.2 Å². The van der Waals surface area contributed by atoms with Crippen molar-refractivity contribution < 1.29 is 20.1 Å². The molecule has 0 radical (unpaired) electrons. The van der Waals surface area contributed by atoms with E-state index in [1.54, 1.807) is 0 Å². The second kappa shape index (κ2) is 20.2. The topological polar surface area (TPSA) is 53.5 Å². The van der Waals surface area contributed by atoms with Gasteiger partial charge < -0.3 is 13.7 Å². The van der Waals surface area contributed by atoms with Crippen LogP contribution < -0.4 is 0 Å². The van der Waals surface area contributed by atoms with Crippen molar-refractivity contribution in [3.05, 3.63) is 214 Å². The van der Waals surface area contributed by atoms with Crippen LogP contribution in [0.3, 0.4) is 0 Å². The minimum atomic E-state index is 0. The number of nitrogens with zero attached hydrogens (tertiary/aromatic N) is 6. The zero-order valence-electron chi connectivity index (χ0n) is 38.2. The van der Waals surface area contributed by atoms with Crippen LogP contribution in [0, 0.1) is 94.4 Å². The molecule has 0 saturated heterocycles. The molecule has 318 valence electrons. The van der Waals surface area contributed by atoms with E-state index in [1.165, 1.54) is 78.3 Å². The van der Waals surface area contributed by atoms with Gasteiger partial charge in [-0.15, -0.1) is 107 Å². The SMILES string of the molecule is Cc1c[c-]c(-c2nccn2-c2c(C)cc(C)cc2C)cc1.Cc1c[c-]c(-c2nccn2-c2c(C)cc(C)cc2C)cc1.Cc1cc(C)c(-n2ccnc2-c2[c-]cccc2)c(C)c1.[Ir+3]. The number of hydrogen-bond donors (Lipinski definition) is 0. The summed E-state index contributed by atoms with van der Waals surface area (Å²) >= 11 is 0. The second-order valence-corrected chi connectivity index (χ2v) is 16.4. The first-order valence-electron chi connectivity index (χ1n) is 21.1. The molecule has 3 aromatic heterocycles. The summed E-state index contributed by atoms with van der Waals surface area (Å²) in [5, 5.41) is 0. The van der Waals surface area contributed by atoms with Gasteiger partial charge in [0.05, 0.1) is 17.5 Å². The van der Waals surface area contributed by atoms with Crippen molar-refractivity contribution in [2.45, 2.75) is 76.2 Å². The van der Waals surface area contributed by atoms with E-state index in [0.29, 0.717) is 0 Å². The molecule has 0 N–H and O–H groups in total. The summed E-state index contributed by atoms with van der Waals surface area (Å²) in [6.07, 6.45) is 11.6. The van der Waals surface area contributed by atoms with E-state index in [1.807, 2.05) is 73.6 Å². The molecule has 0 atom stereocenters. The first-order chi connectivity index (χ1) is 29.8. The van der Waals surface area contributed by atoms with E-state index in [-0.39, 0.29) is 20.1 Å². The van der Waals surface area contributed by atoms with E-state index in [0.717, 1.165) is 34.2 Å². The van der Waals surface area contributed by atoms with Crippen molar-refractivity contribution >= 4 is 0 Å². The minimum absolute atomic E-state index is 0. The molecule has 7 heteroatoms. The van der Waals surface area contributed by atoms with Crippen LogP contribution in [0.25, 0.3) is 51.2 Å². The van der Waals surface area contributed by atoms with Gasteiger partial charge in [-0.25, -0.2) is 0 Å². The van der Waals surface area contributed by atoms with Gasteiger partial charge in [-0.05, 0) is 95.7 Å². The Labute approximate surface area is 387 Å². The van der Waals surface area contributed by atoms with Crippen molar-refractivity contribution in [2.75, 3.05) is 0 Å². The molecule has 63 heavy (non-hydrogen) atoms. The quantitative estimate of drug-likeness (QED) is 0.156. The standard InChI is InChI=1S/2C19H19N2.C18H17N2.Ir/c2*1-13-5-7-17(8-6-13)19-20-9-10-21(19)18-15(3)11-14(2)12-16(18)4;1-13-11-14(2)17(15(3)12-13)20-10-9-19-18(20)16-7-5-4-6-8-16;/h2*5-7,9-12H,1-4H3;4-7,9-12H,1-3H3;/q3*-1;+3. The van der Waals surface area contributed by atoms with Gasteiger partial charge >= 0.3 is 20.1 Å². The molecule has 0 fully saturated rings. The maximum atomic E-state index is 4.53. The summed E-state index contributed by atoms with van der Waals surface area (Å²) in [5.41, 5.74) is 20.5. The predicted octanol–water partition coefficient (Wildman–Crippen LogP) is 13.4. The summed E-state index contributed by atoms with van der Waals surface area (Å²) in [4.78, 5) is 13.6. The monoisotopic (exact) mass is 1000 g/mol. The molecular formula is C56H55IrN6. The van der Waals surface area contributed by atoms with E-state index in [2.05, 4.69) is 184 Å². The van der Waals surface area contributed by atoms with Gasteiger partial charge in [0.25, 0.3) is 0 Å². The molecule has 0 bridgehead atoms. The third kappa shape index (κ3) is 10.5. The molecule has 0 amide bonds. The third-order valence-electron chi connectivity index (χ3n) is 10.9. The molecule has 0 spiro atoms. The Morgan fingerprint density at radius 1 is 0.365 bits per heavy atom. The minimum Gasteiger partial charge on any atom is -0.340 e. The third-order valence-corrected chi connectivity index (χ3v) is 10.9. The van der Waals surface area contributed by atoms with Gasteiger partial charge in [-0.2, -0.15) is 0 Å². The van der Waals surface area contributed by atoms with Crippen molar-refractivity contribution in [2.24, 2.45) is 0 Å². The van der Waals surface area contributed by atoms with Gasteiger partial charge in [0.2, 0.25) is 0 Å². The zero-order valence-corrected chi connectivity index (χ0v) is 40.6. The first kappa shape index (κ1) is 46.1. The summed E-state index contributed by atoms with van der Waals surface area (Å²) in [5.74, 6) is 2.80. The van der Waals surface area contributed by atoms with E-state index >= 15 is 0 Å². The number of aryl methyl sites for hydroxylation is 11. The fourth-order valence-corrected chi connectivity index (χ4v) is 8.52. The fourth-order valence-electron chi connectivity index (χ4n) is 8.52. The van der Waals surface area contributed by atoms with Gasteiger partial charge in [-0.1, -0.05) is 66.9 Å². The largest absolute Gasteiger partial charge is 3.00 e. The van der Waals surface area contributed by atoms with Crippen molar-refractivity contribution in [3.63, 3.8) is 0 Å². The molecule has 3 heterocycles. The molecule has 6 nitrogen and oxygen atoms in total. The van der Waals surface area contributed by atoms with E-state index in [4.69, 9.17) is 0 Å². The molecular weight excluding hydrogens is 949 g/mol. The molecule has 6 aromatic carbocycles. The van der Waals surface area contributed by atoms with Crippen molar-refractivity contribution in [1.29, 1.82) is 0 Å². The van der Waals surface area contributed by atoms with E-state index < -0.39 is 0 Å². The van der Waals surface area contributed by atoms with Crippen LogP contribution in [0.2, 0.25) is 0 Å². The average molecular weight is 1000 g/mol. The number of rotatable bonds is 6. The average Bonchev–Trinajstić information content (AvgIpc) is 4.01. The number of benzene rings is 6. The number of imidazole rings is 3. The van der Waals surface area contributed by atoms with Gasteiger partial charge in [-0.3, -0.25) is 15.0 Å².